The molecule has 0 aliphatic rings. The Morgan fingerprint density at radius 2 is 1.80 bits per heavy atom. The fourth-order valence-corrected chi connectivity index (χ4v) is 3.14. The van der Waals surface area contributed by atoms with Gasteiger partial charge in [-0.1, -0.05) is 48.0 Å². The molecule has 150 valence electrons. The average Bonchev–Trinajstić information content (AvgIpc) is 3.22. The van der Waals surface area contributed by atoms with Crippen molar-refractivity contribution in [3.63, 3.8) is 0 Å². The van der Waals surface area contributed by atoms with Crippen LogP contribution in [0.1, 0.15) is 17.5 Å². The van der Waals surface area contributed by atoms with Crippen LogP contribution in [0.4, 0.5) is 5.69 Å². The number of nitrogens with one attached hydrogen (secondary N) is 1. The Kier molecular flexibility index (Phi) is 5.77. The summed E-state index contributed by atoms with van der Waals surface area (Å²) in [6, 6.07) is 24.0. The highest BCUT2D eigenvalue weighted by Gasteiger charge is 2.19. The third-order valence-electron chi connectivity index (χ3n) is 4.32. The normalized spacial score (nSPS) is 10.6. The van der Waals surface area contributed by atoms with E-state index in [9.17, 15) is 4.79 Å². The summed E-state index contributed by atoms with van der Waals surface area (Å²) in [6.07, 6.45) is 0. The van der Waals surface area contributed by atoms with Crippen molar-refractivity contribution >= 4 is 23.2 Å². The molecule has 4 aromatic rings. The van der Waals surface area contributed by atoms with Crippen LogP contribution in [0.5, 0.6) is 5.75 Å². The number of nitrogens with zero attached hydrogens (tertiary/aromatic N) is 3. The molecule has 0 saturated heterocycles. The summed E-state index contributed by atoms with van der Waals surface area (Å²) in [5.74, 6) is 0.944. The molecule has 0 saturated carbocycles. The average molecular weight is 419 g/mol. The molecule has 0 fully saturated rings. The van der Waals surface area contributed by atoms with Gasteiger partial charge in [0.1, 0.15) is 5.75 Å². The molecule has 0 unspecified atom stereocenters. The highest BCUT2D eigenvalue weighted by molar-refractivity contribution is 6.30. The Morgan fingerprint density at radius 3 is 2.50 bits per heavy atom. The van der Waals surface area contributed by atoms with E-state index < -0.39 is 5.91 Å². The molecular formula is C23H19ClN4O2. The van der Waals surface area contributed by atoms with Crippen LogP contribution in [0, 0.1) is 0 Å². The lowest BCUT2D eigenvalue weighted by Crippen LogP contribution is -2.14. The lowest BCUT2D eigenvalue weighted by atomic mass is 10.2. The van der Waals surface area contributed by atoms with Gasteiger partial charge in [-0.15, -0.1) is 5.10 Å². The first-order valence-electron chi connectivity index (χ1n) is 9.46. The lowest BCUT2D eigenvalue weighted by Gasteiger charge is -2.06. The van der Waals surface area contributed by atoms with Gasteiger partial charge in [-0.3, -0.25) is 4.79 Å². The molecule has 0 aliphatic carbocycles. The molecule has 0 spiro atoms. The fourth-order valence-electron chi connectivity index (χ4n) is 2.96. The molecule has 4 rings (SSSR count). The largest absolute Gasteiger partial charge is 0.494 e. The quantitative estimate of drug-likeness (QED) is 0.465. The second-order valence-electron chi connectivity index (χ2n) is 6.43. The van der Waals surface area contributed by atoms with Crippen molar-refractivity contribution in [1.82, 2.24) is 14.8 Å². The summed E-state index contributed by atoms with van der Waals surface area (Å²) in [5, 5.41) is 7.85. The standard InChI is InChI=1S/C23H19ClN4O2/c1-2-30-20-13-11-18(12-14-20)25-23(29)21-26-22(16-7-4-3-5-8-16)28(27-21)19-10-6-9-17(24)15-19/h3-15H,2H2,1H3,(H,25,29). The van der Waals surface area contributed by atoms with E-state index in [2.05, 4.69) is 15.4 Å². The van der Waals surface area contributed by atoms with Gasteiger partial charge in [0.05, 0.1) is 12.3 Å². The molecule has 1 N–H and O–H groups in total. The first-order chi connectivity index (χ1) is 14.6. The van der Waals surface area contributed by atoms with Gasteiger partial charge in [0, 0.05) is 16.3 Å². The number of ether oxygens (including phenoxy) is 1. The topological polar surface area (TPSA) is 69.0 Å². The minimum absolute atomic E-state index is 0.0581. The predicted molar refractivity (Wildman–Crippen MR) is 117 cm³/mol. The minimum atomic E-state index is -0.405. The maximum absolute atomic E-state index is 12.8. The summed E-state index contributed by atoms with van der Waals surface area (Å²) in [6.45, 7) is 2.50. The predicted octanol–water partition coefficient (Wildman–Crippen LogP) is 5.24. The molecule has 3 aromatic carbocycles. The fraction of sp³-hybridized carbons (Fsp3) is 0.0870. The van der Waals surface area contributed by atoms with Gasteiger partial charge in [-0.05, 0) is 49.4 Å². The van der Waals surface area contributed by atoms with Crippen LogP contribution in [0.3, 0.4) is 0 Å². The third-order valence-corrected chi connectivity index (χ3v) is 4.55. The Balaban J connectivity index is 1.67. The van der Waals surface area contributed by atoms with Gasteiger partial charge in [-0.25, -0.2) is 9.67 Å². The number of aromatic nitrogens is 3. The maximum atomic E-state index is 12.8. The molecule has 1 aromatic heterocycles. The molecule has 7 heteroatoms. The summed E-state index contributed by atoms with van der Waals surface area (Å²) in [7, 11) is 0. The summed E-state index contributed by atoms with van der Waals surface area (Å²) in [5.41, 5.74) is 2.18. The van der Waals surface area contributed by atoms with Gasteiger partial charge in [0.25, 0.3) is 5.91 Å². The van der Waals surface area contributed by atoms with Gasteiger partial charge in [0.2, 0.25) is 5.82 Å². The van der Waals surface area contributed by atoms with Crippen molar-refractivity contribution in [3.05, 3.63) is 89.7 Å². The number of amides is 1. The van der Waals surface area contributed by atoms with Crippen LogP contribution in [-0.2, 0) is 0 Å². The number of hydrogen-bond donors (Lipinski definition) is 1. The molecule has 1 heterocycles. The van der Waals surface area contributed by atoms with Crippen molar-refractivity contribution in [2.75, 3.05) is 11.9 Å². The minimum Gasteiger partial charge on any atom is -0.494 e. The third kappa shape index (κ3) is 4.34. The first-order valence-corrected chi connectivity index (χ1v) is 9.84. The van der Waals surface area contributed by atoms with Crippen LogP contribution in [0.25, 0.3) is 17.1 Å². The van der Waals surface area contributed by atoms with E-state index in [1.807, 2.05) is 49.4 Å². The zero-order chi connectivity index (χ0) is 20.9. The highest BCUT2D eigenvalue weighted by Crippen LogP contribution is 2.23. The van der Waals surface area contributed by atoms with Crippen molar-refractivity contribution in [3.8, 4) is 22.8 Å². The molecular weight excluding hydrogens is 400 g/mol. The van der Waals surface area contributed by atoms with Crippen molar-refractivity contribution in [2.24, 2.45) is 0 Å². The van der Waals surface area contributed by atoms with Gasteiger partial charge in [-0.2, -0.15) is 0 Å². The van der Waals surface area contributed by atoms with Crippen LogP contribution >= 0.6 is 11.6 Å². The van der Waals surface area contributed by atoms with E-state index in [1.54, 1.807) is 41.1 Å². The van der Waals surface area contributed by atoms with Crippen LogP contribution in [0.2, 0.25) is 5.02 Å². The number of hydrogen-bond acceptors (Lipinski definition) is 4. The van der Waals surface area contributed by atoms with Crippen LogP contribution < -0.4 is 10.1 Å². The van der Waals surface area contributed by atoms with Gasteiger partial charge < -0.3 is 10.1 Å². The maximum Gasteiger partial charge on any atom is 0.295 e. The van der Waals surface area contributed by atoms with Crippen molar-refractivity contribution < 1.29 is 9.53 Å². The number of carbonyl (C=O) groups is 1. The zero-order valence-electron chi connectivity index (χ0n) is 16.2. The number of halogens is 1. The zero-order valence-corrected chi connectivity index (χ0v) is 17.0. The van der Waals surface area contributed by atoms with E-state index in [4.69, 9.17) is 16.3 Å². The monoisotopic (exact) mass is 418 g/mol. The summed E-state index contributed by atoms with van der Waals surface area (Å²) in [4.78, 5) is 17.3. The van der Waals surface area contributed by atoms with E-state index in [1.165, 1.54) is 0 Å². The van der Waals surface area contributed by atoms with Gasteiger partial charge in [0.15, 0.2) is 5.82 Å². The van der Waals surface area contributed by atoms with E-state index >= 15 is 0 Å². The second kappa shape index (κ2) is 8.80. The first kappa shape index (κ1) is 19.7. The van der Waals surface area contributed by atoms with Crippen molar-refractivity contribution in [1.29, 1.82) is 0 Å². The molecule has 6 nitrogen and oxygen atoms in total. The van der Waals surface area contributed by atoms with Crippen molar-refractivity contribution in [2.45, 2.75) is 6.92 Å². The number of carbonyl (C=O) groups excluding carboxylic acids is 1. The Labute approximate surface area is 179 Å². The van der Waals surface area contributed by atoms with E-state index in [0.29, 0.717) is 28.8 Å². The second-order valence-corrected chi connectivity index (χ2v) is 6.86. The van der Waals surface area contributed by atoms with Crippen LogP contribution in [-0.4, -0.2) is 27.3 Å². The molecule has 0 aliphatic heterocycles. The number of anilines is 1. The Hall–Kier alpha value is -3.64. The van der Waals surface area contributed by atoms with Gasteiger partial charge >= 0.3 is 0 Å². The van der Waals surface area contributed by atoms with E-state index in [0.717, 1.165) is 11.3 Å². The number of rotatable bonds is 6. The summed E-state index contributed by atoms with van der Waals surface area (Å²) >= 11 is 6.15. The summed E-state index contributed by atoms with van der Waals surface area (Å²) < 4.78 is 7.04. The SMILES string of the molecule is CCOc1ccc(NC(=O)c2nc(-c3ccccc3)n(-c3cccc(Cl)c3)n2)cc1. The van der Waals surface area contributed by atoms with Crippen LogP contribution in [0.15, 0.2) is 78.9 Å². The molecule has 1 amide bonds. The van der Waals surface area contributed by atoms with E-state index in [-0.39, 0.29) is 5.82 Å². The molecule has 0 atom stereocenters. The smallest absolute Gasteiger partial charge is 0.295 e. The molecule has 0 radical (unpaired) electrons. The lowest BCUT2D eigenvalue weighted by molar-refractivity contribution is 0.101. The Bertz CT molecular complexity index is 1160. The highest BCUT2D eigenvalue weighted by atomic mass is 35.5. The molecule has 30 heavy (non-hydrogen) atoms. The number of benzene rings is 3. The molecule has 0 bridgehead atoms. The Morgan fingerprint density at radius 1 is 1.03 bits per heavy atom.